The molecule has 0 bridgehead atoms. The van der Waals surface area contributed by atoms with Crippen LogP contribution in [0.1, 0.15) is 11.3 Å². The maximum absolute atomic E-state index is 11.9. The van der Waals surface area contributed by atoms with E-state index in [0.29, 0.717) is 12.3 Å². The van der Waals surface area contributed by atoms with Crippen LogP contribution in [0.3, 0.4) is 0 Å². The molecule has 1 N–H and O–H groups in total. The zero-order valence-corrected chi connectivity index (χ0v) is 14.7. The van der Waals surface area contributed by atoms with Crippen molar-refractivity contribution in [2.24, 2.45) is 5.92 Å². The predicted molar refractivity (Wildman–Crippen MR) is 95.5 cm³/mol. The Labute approximate surface area is 143 Å². The van der Waals surface area contributed by atoms with Crippen molar-refractivity contribution in [1.29, 1.82) is 0 Å². The van der Waals surface area contributed by atoms with Gasteiger partial charge in [0.2, 0.25) is 5.91 Å². The van der Waals surface area contributed by atoms with Gasteiger partial charge in [-0.05, 0) is 42.0 Å². The molecule has 1 aliphatic rings. The molecule has 2 aromatic rings. The molecule has 0 aliphatic carbocycles. The van der Waals surface area contributed by atoms with E-state index in [9.17, 15) is 4.79 Å². The smallest absolute Gasteiger partial charge is 0.225 e. The fourth-order valence-electron chi connectivity index (χ4n) is 2.80. The first-order chi connectivity index (χ1) is 10.7. The number of nitrogens with zero attached hydrogens (tertiary/aromatic N) is 1. The molecule has 0 spiro atoms. The van der Waals surface area contributed by atoms with E-state index < -0.39 is 0 Å². The summed E-state index contributed by atoms with van der Waals surface area (Å²) in [4.78, 5) is 15.5. The Kier molecular flexibility index (Phi) is 5.16. The van der Waals surface area contributed by atoms with Crippen molar-refractivity contribution in [1.82, 2.24) is 5.32 Å². The molecule has 1 unspecified atom stereocenters. The van der Waals surface area contributed by atoms with Crippen LogP contribution in [0.15, 0.2) is 46.3 Å². The van der Waals surface area contributed by atoms with Crippen molar-refractivity contribution in [2.75, 3.05) is 24.5 Å². The number of carbonyl (C=O) groups is 1. The minimum atomic E-state index is 0.128. The van der Waals surface area contributed by atoms with Crippen LogP contribution in [0.2, 0.25) is 0 Å². The third-order valence-corrected chi connectivity index (χ3v) is 5.33. The fraction of sp³-hybridized carbons (Fsp3) is 0.353. The normalized spacial score (nSPS) is 17.7. The number of hydrogen-bond acceptors (Lipinski definition) is 3. The highest BCUT2D eigenvalue weighted by Gasteiger charge is 2.23. The molecule has 1 saturated heterocycles. The first-order valence-corrected chi connectivity index (χ1v) is 9.17. The highest BCUT2D eigenvalue weighted by molar-refractivity contribution is 9.10. The number of amides is 1. The predicted octanol–water partition coefficient (Wildman–Crippen LogP) is 3.70. The van der Waals surface area contributed by atoms with Gasteiger partial charge in [0.15, 0.2) is 0 Å². The summed E-state index contributed by atoms with van der Waals surface area (Å²) in [6.07, 6.45) is 1.63. The Morgan fingerprint density at radius 3 is 3.05 bits per heavy atom. The van der Waals surface area contributed by atoms with E-state index in [0.717, 1.165) is 35.4 Å². The van der Waals surface area contributed by atoms with Crippen LogP contribution in [0.25, 0.3) is 0 Å². The van der Waals surface area contributed by atoms with Gasteiger partial charge in [-0.25, -0.2) is 0 Å². The van der Waals surface area contributed by atoms with Gasteiger partial charge in [-0.1, -0.05) is 28.1 Å². The van der Waals surface area contributed by atoms with Crippen molar-refractivity contribution < 1.29 is 4.79 Å². The Morgan fingerprint density at radius 2 is 2.27 bits per heavy atom. The van der Waals surface area contributed by atoms with Gasteiger partial charge < -0.3 is 10.2 Å². The largest absolute Gasteiger partial charge is 0.371 e. The van der Waals surface area contributed by atoms with Gasteiger partial charge in [-0.15, -0.1) is 11.3 Å². The Balaban J connectivity index is 1.46. The van der Waals surface area contributed by atoms with E-state index >= 15 is 0 Å². The number of benzene rings is 1. The van der Waals surface area contributed by atoms with Gasteiger partial charge in [-0.3, -0.25) is 4.79 Å². The molecule has 2 heterocycles. The molecule has 22 heavy (non-hydrogen) atoms. The van der Waals surface area contributed by atoms with Gasteiger partial charge >= 0.3 is 0 Å². The number of thiophene rings is 1. The lowest BCUT2D eigenvalue weighted by atomic mass is 10.1. The molecule has 0 radical (unpaired) electrons. The zero-order valence-electron chi connectivity index (χ0n) is 12.3. The van der Waals surface area contributed by atoms with Crippen LogP contribution in [0, 0.1) is 5.92 Å². The van der Waals surface area contributed by atoms with Crippen molar-refractivity contribution in [3.63, 3.8) is 0 Å². The Morgan fingerprint density at radius 1 is 1.36 bits per heavy atom. The summed E-state index contributed by atoms with van der Waals surface area (Å²) in [7, 11) is 0. The topological polar surface area (TPSA) is 32.3 Å². The number of hydrogen-bond donors (Lipinski definition) is 1. The van der Waals surface area contributed by atoms with Crippen LogP contribution < -0.4 is 10.2 Å². The SMILES string of the molecule is O=C(Cc1cccs1)NCC1CCN(c2cccc(Br)c2)C1. The second kappa shape index (κ2) is 7.29. The zero-order chi connectivity index (χ0) is 15.4. The van der Waals surface area contributed by atoms with Crippen LogP contribution in [0.4, 0.5) is 5.69 Å². The van der Waals surface area contributed by atoms with E-state index in [1.54, 1.807) is 11.3 Å². The first-order valence-electron chi connectivity index (χ1n) is 7.50. The molecule has 116 valence electrons. The van der Waals surface area contributed by atoms with Crippen molar-refractivity contribution in [2.45, 2.75) is 12.8 Å². The molecule has 1 fully saturated rings. The van der Waals surface area contributed by atoms with Gasteiger partial charge in [0, 0.05) is 34.7 Å². The van der Waals surface area contributed by atoms with Gasteiger partial charge in [-0.2, -0.15) is 0 Å². The monoisotopic (exact) mass is 378 g/mol. The lowest BCUT2D eigenvalue weighted by molar-refractivity contribution is -0.120. The summed E-state index contributed by atoms with van der Waals surface area (Å²) in [5.41, 5.74) is 1.25. The minimum absolute atomic E-state index is 0.128. The molecule has 1 aromatic carbocycles. The third kappa shape index (κ3) is 4.11. The average molecular weight is 379 g/mol. The van der Waals surface area contributed by atoms with E-state index in [4.69, 9.17) is 0 Å². The number of halogens is 1. The van der Waals surface area contributed by atoms with Gasteiger partial charge in [0.1, 0.15) is 0 Å². The van der Waals surface area contributed by atoms with E-state index in [2.05, 4.69) is 44.3 Å². The van der Waals surface area contributed by atoms with E-state index in [1.165, 1.54) is 5.69 Å². The second-order valence-electron chi connectivity index (χ2n) is 5.64. The second-order valence-corrected chi connectivity index (χ2v) is 7.59. The quantitative estimate of drug-likeness (QED) is 0.859. The van der Waals surface area contributed by atoms with Crippen LogP contribution >= 0.6 is 27.3 Å². The minimum Gasteiger partial charge on any atom is -0.371 e. The third-order valence-electron chi connectivity index (χ3n) is 3.96. The van der Waals surface area contributed by atoms with Crippen molar-refractivity contribution >= 4 is 38.9 Å². The Bertz CT molecular complexity index is 629. The molecular formula is C17H19BrN2OS. The fourth-order valence-corrected chi connectivity index (χ4v) is 3.89. The van der Waals surface area contributed by atoms with E-state index in [-0.39, 0.29) is 5.91 Å². The van der Waals surface area contributed by atoms with Crippen molar-refractivity contribution in [3.8, 4) is 0 Å². The molecule has 1 atom stereocenters. The highest BCUT2D eigenvalue weighted by atomic mass is 79.9. The highest BCUT2D eigenvalue weighted by Crippen LogP contribution is 2.25. The average Bonchev–Trinajstić information content (AvgIpc) is 3.16. The lowest BCUT2D eigenvalue weighted by Gasteiger charge is -2.19. The summed E-state index contributed by atoms with van der Waals surface area (Å²) in [6, 6.07) is 12.4. The molecule has 1 aliphatic heterocycles. The van der Waals surface area contributed by atoms with E-state index in [1.807, 2.05) is 23.6 Å². The molecule has 0 saturated carbocycles. The molecule has 3 rings (SSSR count). The Hall–Kier alpha value is -1.33. The first kappa shape index (κ1) is 15.6. The molecule has 1 amide bonds. The molecular weight excluding hydrogens is 360 g/mol. The molecule has 1 aromatic heterocycles. The molecule has 3 nitrogen and oxygen atoms in total. The summed E-state index contributed by atoms with van der Waals surface area (Å²) in [6.45, 7) is 2.84. The van der Waals surface area contributed by atoms with Crippen LogP contribution in [-0.2, 0) is 11.2 Å². The van der Waals surface area contributed by atoms with Crippen LogP contribution in [-0.4, -0.2) is 25.5 Å². The summed E-state index contributed by atoms with van der Waals surface area (Å²) in [5.74, 6) is 0.662. The number of carbonyl (C=O) groups excluding carboxylic acids is 1. The number of anilines is 1. The maximum atomic E-state index is 11.9. The van der Waals surface area contributed by atoms with Gasteiger partial charge in [0.05, 0.1) is 6.42 Å². The summed E-state index contributed by atoms with van der Waals surface area (Å²) < 4.78 is 1.11. The lowest BCUT2D eigenvalue weighted by Crippen LogP contribution is -2.31. The number of nitrogens with one attached hydrogen (secondary N) is 1. The maximum Gasteiger partial charge on any atom is 0.225 e. The summed E-state index contributed by atoms with van der Waals surface area (Å²) in [5, 5.41) is 5.09. The summed E-state index contributed by atoms with van der Waals surface area (Å²) >= 11 is 5.15. The van der Waals surface area contributed by atoms with Crippen molar-refractivity contribution in [3.05, 3.63) is 51.1 Å². The number of rotatable bonds is 5. The van der Waals surface area contributed by atoms with Gasteiger partial charge in [0.25, 0.3) is 0 Å². The molecule has 5 heteroatoms. The standard InChI is InChI=1S/C17H19BrN2OS/c18-14-3-1-4-15(9-14)20-7-6-13(12-20)11-19-17(21)10-16-5-2-8-22-16/h1-5,8-9,13H,6-7,10-12H2,(H,19,21). The van der Waals surface area contributed by atoms with Crippen LogP contribution in [0.5, 0.6) is 0 Å².